The number of aromatic nitrogens is 2. The number of ether oxygens (including phenoxy) is 2. The minimum Gasteiger partial charge on any atom is -0.462 e. The summed E-state index contributed by atoms with van der Waals surface area (Å²) in [5.41, 5.74) is 7.30. The van der Waals surface area contributed by atoms with E-state index in [1.54, 1.807) is 6.92 Å². The van der Waals surface area contributed by atoms with E-state index >= 15 is 0 Å². The van der Waals surface area contributed by atoms with Crippen LogP contribution in [0.4, 0.5) is 5.82 Å². The number of hydrogen-bond acceptors (Lipinski definition) is 9. The molecule has 2 heterocycles. The van der Waals surface area contributed by atoms with Crippen LogP contribution in [-0.4, -0.2) is 40.2 Å². The maximum atomic E-state index is 12.2. The third-order valence-electron chi connectivity index (χ3n) is 4.26. The van der Waals surface area contributed by atoms with Crippen molar-refractivity contribution >= 4 is 17.8 Å². The summed E-state index contributed by atoms with van der Waals surface area (Å²) in [4.78, 5) is 44.0. The van der Waals surface area contributed by atoms with Crippen LogP contribution in [0.3, 0.4) is 0 Å². The summed E-state index contributed by atoms with van der Waals surface area (Å²) >= 11 is 0. The number of unbranched alkanes of at least 4 members (excludes halogenated alkanes) is 2. The third kappa shape index (κ3) is 6.61. The summed E-state index contributed by atoms with van der Waals surface area (Å²) in [6.07, 6.45) is 4.97. The molecule has 156 valence electrons. The maximum absolute atomic E-state index is 12.2. The summed E-state index contributed by atoms with van der Waals surface area (Å²) in [7, 11) is 0. The number of anilines is 1. The molecule has 1 aliphatic heterocycles. The molecule has 1 aromatic rings. The topological polar surface area (TPSA) is 135 Å². The van der Waals surface area contributed by atoms with Crippen LogP contribution in [0, 0.1) is 0 Å². The van der Waals surface area contributed by atoms with Crippen LogP contribution in [0.25, 0.3) is 0 Å². The summed E-state index contributed by atoms with van der Waals surface area (Å²) in [6.45, 7) is 3.68. The lowest BCUT2D eigenvalue weighted by Crippen LogP contribution is -2.32. The molecular weight excluding hydrogens is 368 g/mol. The Morgan fingerprint density at radius 2 is 2.21 bits per heavy atom. The highest BCUT2D eigenvalue weighted by atomic mass is 16.7. The highest BCUT2D eigenvalue weighted by molar-refractivity contribution is 5.74. The van der Waals surface area contributed by atoms with Gasteiger partial charge in [-0.3, -0.25) is 9.36 Å². The van der Waals surface area contributed by atoms with Crippen LogP contribution in [0.1, 0.15) is 58.6 Å². The molecule has 0 radical (unpaired) electrons. The molecule has 1 aliphatic rings. The second-order valence-electron chi connectivity index (χ2n) is 6.74. The van der Waals surface area contributed by atoms with E-state index in [4.69, 9.17) is 20.0 Å². The number of rotatable bonds is 10. The molecule has 0 spiro atoms. The Labute approximate surface area is 163 Å². The Morgan fingerprint density at radius 3 is 2.89 bits per heavy atom. The van der Waals surface area contributed by atoms with Crippen LogP contribution in [0.5, 0.6) is 0 Å². The Bertz CT molecular complexity index is 720. The molecule has 0 aliphatic carbocycles. The second kappa shape index (κ2) is 10.8. The number of hydrogen-bond donors (Lipinski definition) is 2. The lowest BCUT2D eigenvalue weighted by Gasteiger charge is -2.16. The van der Waals surface area contributed by atoms with Gasteiger partial charge in [0.05, 0.1) is 6.10 Å². The molecule has 10 heteroatoms. The van der Waals surface area contributed by atoms with Crippen molar-refractivity contribution in [3.63, 3.8) is 0 Å². The normalized spacial score (nSPS) is 19.8. The van der Waals surface area contributed by atoms with E-state index in [0.717, 1.165) is 19.3 Å². The zero-order valence-electron chi connectivity index (χ0n) is 16.3. The van der Waals surface area contributed by atoms with Crippen molar-refractivity contribution in [1.82, 2.24) is 9.55 Å². The number of esters is 1. The van der Waals surface area contributed by atoms with Gasteiger partial charge in [0.1, 0.15) is 18.9 Å². The average molecular weight is 396 g/mol. The van der Waals surface area contributed by atoms with E-state index in [0.29, 0.717) is 19.3 Å². The number of nitrogens with two attached hydrogens (primary N) is 1. The molecule has 0 saturated carbocycles. The first-order valence-corrected chi connectivity index (χ1v) is 9.53. The van der Waals surface area contributed by atoms with Crippen molar-refractivity contribution in [2.75, 3.05) is 12.1 Å². The highest BCUT2D eigenvalue weighted by Crippen LogP contribution is 2.27. The van der Waals surface area contributed by atoms with Gasteiger partial charge in [0.15, 0.2) is 5.82 Å². The SMILES string of the molecule is CCCCCC(=O)ONc1ccn([C@H]2CC[C@@H](COC(=O)[C@H](C)N)O2)c(=O)n1. The first kappa shape index (κ1) is 21.8. The van der Waals surface area contributed by atoms with Crippen molar-refractivity contribution in [2.45, 2.75) is 70.7 Å². The smallest absolute Gasteiger partial charge is 0.351 e. The fraction of sp³-hybridized carbons (Fsp3) is 0.667. The third-order valence-corrected chi connectivity index (χ3v) is 4.26. The van der Waals surface area contributed by atoms with E-state index in [-0.39, 0.29) is 18.5 Å². The Hall–Kier alpha value is -2.46. The van der Waals surface area contributed by atoms with Crippen LogP contribution in [-0.2, 0) is 23.9 Å². The van der Waals surface area contributed by atoms with Gasteiger partial charge in [-0.25, -0.2) is 15.1 Å². The molecule has 3 atom stereocenters. The zero-order valence-corrected chi connectivity index (χ0v) is 16.3. The highest BCUT2D eigenvalue weighted by Gasteiger charge is 2.28. The van der Waals surface area contributed by atoms with E-state index in [2.05, 4.69) is 10.5 Å². The van der Waals surface area contributed by atoms with Crippen LogP contribution in [0.2, 0.25) is 0 Å². The Morgan fingerprint density at radius 1 is 1.43 bits per heavy atom. The largest absolute Gasteiger partial charge is 0.462 e. The molecule has 1 fully saturated rings. The van der Waals surface area contributed by atoms with E-state index in [1.807, 2.05) is 6.92 Å². The van der Waals surface area contributed by atoms with Gasteiger partial charge in [0.2, 0.25) is 0 Å². The lowest BCUT2D eigenvalue weighted by atomic mass is 10.2. The van der Waals surface area contributed by atoms with E-state index in [9.17, 15) is 14.4 Å². The van der Waals surface area contributed by atoms with E-state index < -0.39 is 29.9 Å². The standard InChI is InChI=1S/C18H28N4O6/c1-3-4-5-6-16(23)28-21-14-9-10-22(18(25)20-14)15-8-7-13(27-15)11-26-17(24)12(2)19/h9-10,12-13,15H,3-8,11,19H2,1-2H3,(H,20,21,25)/t12-,13-,15+/m0/s1. The van der Waals surface area contributed by atoms with Crippen molar-refractivity contribution in [3.05, 3.63) is 22.7 Å². The molecule has 0 aromatic carbocycles. The van der Waals surface area contributed by atoms with Gasteiger partial charge in [0.25, 0.3) is 0 Å². The quantitative estimate of drug-likeness (QED) is 0.340. The van der Waals surface area contributed by atoms with Crippen molar-refractivity contribution in [1.29, 1.82) is 0 Å². The molecule has 28 heavy (non-hydrogen) atoms. The summed E-state index contributed by atoms with van der Waals surface area (Å²) < 4.78 is 12.2. The van der Waals surface area contributed by atoms with Gasteiger partial charge in [0, 0.05) is 18.7 Å². The molecule has 0 unspecified atom stereocenters. The number of carbonyl (C=O) groups is 2. The number of nitrogens with one attached hydrogen (secondary N) is 1. The molecule has 2 rings (SSSR count). The molecule has 10 nitrogen and oxygen atoms in total. The second-order valence-corrected chi connectivity index (χ2v) is 6.74. The van der Waals surface area contributed by atoms with Crippen molar-refractivity contribution < 1.29 is 23.9 Å². The predicted molar refractivity (Wildman–Crippen MR) is 100 cm³/mol. The van der Waals surface area contributed by atoms with Gasteiger partial charge in [-0.05, 0) is 26.2 Å². The van der Waals surface area contributed by atoms with E-state index in [1.165, 1.54) is 16.8 Å². The minimum atomic E-state index is -0.690. The number of nitrogens with zero attached hydrogens (tertiary/aromatic N) is 2. The fourth-order valence-corrected chi connectivity index (χ4v) is 2.69. The zero-order chi connectivity index (χ0) is 20.5. The molecule has 1 aromatic heterocycles. The average Bonchev–Trinajstić information content (AvgIpc) is 3.13. The summed E-state index contributed by atoms with van der Waals surface area (Å²) in [5, 5.41) is 0. The molecule has 0 amide bonds. The van der Waals surface area contributed by atoms with Crippen molar-refractivity contribution in [2.24, 2.45) is 5.73 Å². The van der Waals surface area contributed by atoms with Gasteiger partial charge >= 0.3 is 17.6 Å². The molecule has 0 bridgehead atoms. The minimum absolute atomic E-state index is 0.0900. The lowest BCUT2D eigenvalue weighted by molar-refractivity contribution is -0.149. The van der Waals surface area contributed by atoms with Crippen LogP contribution >= 0.6 is 0 Å². The van der Waals surface area contributed by atoms with Gasteiger partial charge in [-0.15, -0.1) is 0 Å². The first-order valence-electron chi connectivity index (χ1n) is 9.53. The van der Waals surface area contributed by atoms with Crippen LogP contribution in [0.15, 0.2) is 17.1 Å². The maximum Gasteiger partial charge on any atom is 0.351 e. The summed E-state index contributed by atoms with van der Waals surface area (Å²) in [5.74, 6) is -0.751. The Balaban J connectivity index is 1.83. The number of carbonyl (C=O) groups excluding carboxylic acids is 2. The van der Waals surface area contributed by atoms with Crippen LogP contribution < -0.4 is 16.9 Å². The predicted octanol–water partition coefficient (Wildman–Crippen LogP) is 1.26. The van der Waals surface area contributed by atoms with Gasteiger partial charge in [-0.1, -0.05) is 19.8 Å². The van der Waals surface area contributed by atoms with Gasteiger partial charge < -0.3 is 20.0 Å². The molecule has 1 saturated heterocycles. The van der Waals surface area contributed by atoms with Crippen molar-refractivity contribution in [3.8, 4) is 0 Å². The first-order chi connectivity index (χ1) is 13.4. The molecular formula is C18H28N4O6. The fourth-order valence-electron chi connectivity index (χ4n) is 2.69. The van der Waals surface area contributed by atoms with Gasteiger partial charge in [-0.2, -0.15) is 4.98 Å². The summed E-state index contributed by atoms with van der Waals surface area (Å²) in [6, 6.07) is 0.831. The monoisotopic (exact) mass is 396 g/mol. The Kier molecular flexibility index (Phi) is 8.40. The molecule has 3 N–H and O–H groups in total.